The summed E-state index contributed by atoms with van der Waals surface area (Å²) in [7, 11) is 0. The highest BCUT2D eigenvalue weighted by Gasteiger charge is 2.46. The highest BCUT2D eigenvalue weighted by atomic mass is 16.3. The molecule has 9 aromatic rings. The Balaban J connectivity index is 1.29. The molecule has 286 valence electrons. The third-order valence-electron chi connectivity index (χ3n) is 12.4. The first-order valence-corrected chi connectivity index (χ1v) is 20.7. The van der Waals surface area contributed by atoms with E-state index in [1.807, 2.05) is 0 Å². The Kier molecular flexibility index (Phi) is 7.75. The van der Waals surface area contributed by atoms with Gasteiger partial charge in [-0.15, -0.1) is 0 Å². The van der Waals surface area contributed by atoms with Gasteiger partial charge >= 0.3 is 0 Å². The first-order valence-electron chi connectivity index (χ1n) is 20.7. The van der Waals surface area contributed by atoms with Crippen LogP contribution in [0.2, 0.25) is 0 Å². The Labute approximate surface area is 346 Å². The molecule has 0 atom stereocenters. The predicted octanol–water partition coefficient (Wildman–Crippen LogP) is 13.2. The molecule has 2 aliphatic heterocycles. The van der Waals surface area contributed by atoms with E-state index in [0.717, 1.165) is 78.7 Å². The third kappa shape index (κ3) is 5.44. The molecule has 0 N–H and O–H groups in total. The molecule has 0 unspecified atom stereocenters. The fourth-order valence-corrected chi connectivity index (χ4v) is 9.44. The van der Waals surface area contributed by atoms with E-state index >= 15 is 0 Å². The van der Waals surface area contributed by atoms with Gasteiger partial charge in [-0.25, -0.2) is 0 Å². The molecule has 59 heavy (non-hydrogen) atoms. The second-order valence-corrected chi connectivity index (χ2v) is 18.1. The van der Waals surface area contributed by atoms with Crippen molar-refractivity contribution >= 4 is 79.2 Å². The lowest BCUT2D eigenvalue weighted by molar-refractivity contribution is 0.590. The number of furan rings is 2. The number of benzene rings is 7. The standard InChI is InChI=1S/C54H45BN2O2/c1-53(2,3)36-28-30-42-40(32-36)55-41-33-37(54(4,5)6)29-31-43(41)57(50-39-23-14-16-27-47(39)59-52(50)35-20-11-8-12-21-35)45-25-17-24-44(48(45)55)56(42)49-38-22-13-15-26-46(38)58-51(49)34-18-9-7-10-19-34/h7-33H,1-6H3. The molecule has 4 nitrogen and oxygen atoms in total. The number of hydrogen-bond donors (Lipinski definition) is 0. The number of para-hydroxylation sites is 2. The van der Waals surface area contributed by atoms with Crippen LogP contribution >= 0.6 is 0 Å². The first-order chi connectivity index (χ1) is 28.6. The van der Waals surface area contributed by atoms with Crippen molar-refractivity contribution in [3.05, 3.63) is 175 Å². The van der Waals surface area contributed by atoms with Crippen LogP contribution in [0.4, 0.5) is 34.1 Å². The molecule has 2 aromatic heterocycles. The first kappa shape index (κ1) is 35.4. The van der Waals surface area contributed by atoms with Crippen molar-refractivity contribution in [2.45, 2.75) is 52.4 Å². The van der Waals surface area contributed by atoms with Gasteiger partial charge in [-0.1, -0.05) is 157 Å². The zero-order chi connectivity index (χ0) is 40.2. The Hall–Kier alpha value is -6.72. The van der Waals surface area contributed by atoms with Crippen LogP contribution in [0, 0.1) is 0 Å². The minimum atomic E-state index is -0.0612. The Morgan fingerprint density at radius 3 is 1.24 bits per heavy atom. The molecule has 11 rings (SSSR count). The molecule has 0 radical (unpaired) electrons. The van der Waals surface area contributed by atoms with Gasteiger partial charge in [-0.3, -0.25) is 0 Å². The minimum Gasteiger partial charge on any atom is -0.454 e. The molecule has 0 fully saturated rings. The molecule has 0 aliphatic carbocycles. The van der Waals surface area contributed by atoms with Crippen molar-refractivity contribution in [2.24, 2.45) is 0 Å². The summed E-state index contributed by atoms with van der Waals surface area (Å²) < 4.78 is 13.8. The van der Waals surface area contributed by atoms with Crippen molar-refractivity contribution in [2.75, 3.05) is 9.80 Å². The summed E-state index contributed by atoms with van der Waals surface area (Å²) in [5, 5.41) is 2.15. The van der Waals surface area contributed by atoms with Gasteiger partial charge in [0.25, 0.3) is 6.71 Å². The maximum absolute atomic E-state index is 6.88. The van der Waals surface area contributed by atoms with Crippen LogP contribution in [0.1, 0.15) is 52.7 Å². The zero-order valence-corrected chi connectivity index (χ0v) is 34.4. The van der Waals surface area contributed by atoms with E-state index in [-0.39, 0.29) is 17.5 Å². The van der Waals surface area contributed by atoms with Crippen LogP contribution in [0.25, 0.3) is 44.6 Å². The predicted molar refractivity (Wildman–Crippen MR) is 248 cm³/mol. The van der Waals surface area contributed by atoms with Crippen LogP contribution in [0.3, 0.4) is 0 Å². The summed E-state index contributed by atoms with van der Waals surface area (Å²) in [6.07, 6.45) is 0. The van der Waals surface area contributed by atoms with Crippen LogP contribution < -0.4 is 26.2 Å². The van der Waals surface area contributed by atoms with E-state index in [9.17, 15) is 0 Å². The molecule has 0 saturated heterocycles. The SMILES string of the molecule is CC(C)(C)c1ccc2c(c1)B1c3cc(C(C)(C)C)ccc3N(c3c(-c4ccccc4)oc4ccccc34)c3cccc(c31)N2c1c(-c2ccccc2)oc2ccccc12. The lowest BCUT2D eigenvalue weighted by Gasteiger charge is -2.44. The smallest absolute Gasteiger partial charge is 0.252 e. The van der Waals surface area contributed by atoms with Crippen molar-refractivity contribution in [3.8, 4) is 22.6 Å². The molecular weight excluding hydrogens is 719 g/mol. The van der Waals surface area contributed by atoms with Gasteiger partial charge in [0.05, 0.1) is 0 Å². The topological polar surface area (TPSA) is 32.8 Å². The molecule has 0 amide bonds. The van der Waals surface area contributed by atoms with E-state index in [2.05, 4.69) is 215 Å². The van der Waals surface area contributed by atoms with Gasteiger partial charge in [-0.05, 0) is 86.9 Å². The highest BCUT2D eigenvalue weighted by molar-refractivity contribution is 7.00. The average molecular weight is 765 g/mol. The van der Waals surface area contributed by atoms with Crippen molar-refractivity contribution in [3.63, 3.8) is 0 Å². The van der Waals surface area contributed by atoms with Crippen LogP contribution in [-0.2, 0) is 10.8 Å². The number of rotatable bonds is 4. The van der Waals surface area contributed by atoms with E-state index in [4.69, 9.17) is 8.83 Å². The number of hydrogen-bond acceptors (Lipinski definition) is 4. The summed E-state index contributed by atoms with van der Waals surface area (Å²) in [4.78, 5) is 4.99. The van der Waals surface area contributed by atoms with Crippen molar-refractivity contribution in [1.29, 1.82) is 0 Å². The average Bonchev–Trinajstić information content (AvgIpc) is 3.82. The number of anilines is 6. The Morgan fingerprint density at radius 1 is 0.407 bits per heavy atom. The summed E-state index contributed by atoms with van der Waals surface area (Å²) >= 11 is 0. The summed E-state index contributed by atoms with van der Waals surface area (Å²) in [5.74, 6) is 1.70. The molecule has 5 heteroatoms. The summed E-state index contributed by atoms with van der Waals surface area (Å²) in [6.45, 7) is 13.8. The van der Waals surface area contributed by atoms with Gasteiger partial charge < -0.3 is 18.6 Å². The Bertz CT molecular complexity index is 2890. The van der Waals surface area contributed by atoms with Crippen molar-refractivity contribution in [1.82, 2.24) is 0 Å². The normalized spacial score (nSPS) is 13.5. The molecular formula is C54H45BN2O2. The van der Waals surface area contributed by atoms with Crippen LogP contribution in [0.5, 0.6) is 0 Å². The van der Waals surface area contributed by atoms with Gasteiger partial charge in [0, 0.05) is 44.6 Å². The largest absolute Gasteiger partial charge is 0.454 e. The minimum absolute atomic E-state index is 0.0417. The monoisotopic (exact) mass is 764 g/mol. The quantitative estimate of drug-likeness (QED) is 0.167. The number of fused-ring (bicyclic) bond motifs is 6. The molecule has 4 heterocycles. The number of nitrogens with zero attached hydrogens (tertiary/aromatic N) is 2. The zero-order valence-electron chi connectivity index (χ0n) is 34.4. The molecule has 0 saturated carbocycles. The summed E-state index contributed by atoms with van der Waals surface area (Å²) in [6, 6.07) is 59.2. The van der Waals surface area contributed by atoms with E-state index in [1.54, 1.807) is 0 Å². The second-order valence-electron chi connectivity index (χ2n) is 18.1. The van der Waals surface area contributed by atoms with E-state index in [0.29, 0.717) is 0 Å². The van der Waals surface area contributed by atoms with Crippen LogP contribution in [0.15, 0.2) is 173 Å². The molecule has 0 bridgehead atoms. The molecule has 2 aliphatic rings. The fraction of sp³-hybridized carbons (Fsp3) is 0.148. The maximum Gasteiger partial charge on any atom is 0.252 e. The van der Waals surface area contributed by atoms with Crippen LogP contribution in [-0.4, -0.2) is 6.71 Å². The van der Waals surface area contributed by atoms with Gasteiger partial charge in [0.15, 0.2) is 11.5 Å². The summed E-state index contributed by atoms with van der Waals surface area (Å²) in [5.41, 5.74) is 16.8. The fourth-order valence-electron chi connectivity index (χ4n) is 9.44. The maximum atomic E-state index is 6.88. The van der Waals surface area contributed by atoms with Crippen molar-refractivity contribution < 1.29 is 8.83 Å². The third-order valence-corrected chi connectivity index (χ3v) is 12.4. The lowest BCUT2D eigenvalue weighted by atomic mass is 9.33. The van der Waals surface area contributed by atoms with Gasteiger partial charge in [-0.2, -0.15) is 0 Å². The van der Waals surface area contributed by atoms with Gasteiger partial charge in [0.2, 0.25) is 0 Å². The lowest BCUT2D eigenvalue weighted by Crippen LogP contribution is -2.61. The second kappa shape index (κ2) is 12.9. The van der Waals surface area contributed by atoms with E-state index in [1.165, 1.54) is 27.5 Å². The van der Waals surface area contributed by atoms with E-state index < -0.39 is 0 Å². The highest BCUT2D eigenvalue weighted by Crippen LogP contribution is 2.52. The van der Waals surface area contributed by atoms with Gasteiger partial charge in [0.1, 0.15) is 22.5 Å². The molecule has 7 aromatic carbocycles. The molecule has 0 spiro atoms. The Morgan fingerprint density at radius 2 is 0.814 bits per heavy atom.